The molecule has 1 aliphatic heterocycles. The number of aromatic nitrogens is 2. The summed E-state index contributed by atoms with van der Waals surface area (Å²) < 4.78 is 5.32. The van der Waals surface area contributed by atoms with E-state index in [2.05, 4.69) is 17.1 Å². The molecule has 0 N–H and O–H groups in total. The molecule has 0 saturated carbocycles. The van der Waals surface area contributed by atoms with Gasteiger partial charge < -0.3 is 9.64 Å². The van der Waals surface area contributed by atoms with Crippen molar-refractivity contribution in [2.45, 2.75) is 52.0 Å². The number of fused-ring (bicyclic) bond motifs is 1. The predicted octanol–water partition coefficient (Wildman–Crippen LogP) is 3.63. The largest absolute Gasteiger partial charge is 0.497 e. The van der Waals surface area contributed by atoms with Crippen LogP contribution in [0.25, 0.3) is 0 Å². The number of hydrogen-bond acceptors (Lipinski definition) is 5. The summed E-state index contributed by atoms with van der Waals surface area (Å²) in [6.45, 7) is 2.84. The Bertz CT molecular complexity index is 1070. The molecule has 2 amide bonds. The molecule has 0 unspecified atom stereocenters. The van der Waals surface area contributed by atoms with Gasteiger partial charge in [-0.15, -0.1) is 0 Å². The van der Waals surface area contributed by atoms with Crippen LogP contribution in [0, 0.1) is 12.8 Å². The lowest BCUT2D eigenvalue weighted by Crippen LogP contribution is -2.38. The van der Waals surface area contributed by atoms with Crippen molar-refractivity contribution in [2.24, 2.45) is 5.92 Å². The summed E-state index contributed by atoms with van der Waals surface area (Å²) in [6.07, 6.45) is 8.70. The maximum absolute atomic E-state index is 12.8. The molecular weight excluding hydrogens is 416 g/mol. The fourth-order valence-corrected chi connectivity index (χ4v) is 4.55. The molecule has 1 aliphatic carbocycles. The van der Waals surface area contributed by atoms with Crippen molar-refractivity contribution in [2.75, 3.05) is 25.6 Å². The maximum Gasteiger partial charge on any atom is 0.228 e. The number of benzene rings is 1. The maximum atomic E-state index is 12.8. The van der Waals surface area contributed by atoms with Gasteiger partial charge >= 0.3 is 0 Å². The monoisotopic (exact) mass is 448 g/mol. The molecule has 2 aromatic rings. The van der Waals surface area contributed by atoms with Gasteiger partial charge in [0.1, 0.15) is 17.4 Å². The Hall–Kier alpha value is -3.22. The van der Waals surface area contributed by atoms with E-state index in [-0.39, 0.29) is 11.8 Å². The summed E-state index contributed by atoms with van der Waals surface area (Å²) in [5.74, 6) is 2.57. The van der Waals surface area contributed by atoms with Gasteiger partial charge in [0.25, 0.3) is 0 Å². The average molecular weight is 449 g/mol. The predicted molar refractivity (Wildman–Crippen MR) is 127 cm³/mol. The molecule has 1 atom stereocenters. The first kappa shape index (κ1) is 23.0. The highest BCUT2D eigenvalue weighted by molar-refractivity contribution is 5.95. The van der Waals surface area contributed by atoms with Crippen molar-refractivity contribution in [3.63, 3.8) is 0 Å². The summed E-state index contributed by atoms with van der Waals surface area (Å²) in [5, 5.41) is 0. The van der Waals surface area contributed by atoms with Crippen molar-refractivity contribution in [1.29, 1.82) is 0 Å². The molecule has 0 bridgehead atoms. The second-order valence-electron chi connectivity index (χ2n) is 8.89. The second kappa shape index (κ2) is 10.1. The lowest BCUT2D eigenvalue weighted by molar-refractivity contribution is -0.131. The summed E-state index contributed by atoms with van der Waals surface area (Å²) in [5.41, 5.74) is 3.01. The van der Waals surface area contributed by atoms with Gasteiger partial charge in [0, 0.05) is 37.7 Å². The lowest BCUT2D eigenvalue weighted by Gasteiger charge is -2.30. The minimum absolute atomic E-state index is 0.0758. The first-order chi connectivity index (χ1) is 15.9. The highest BCUT2D eigenvalue weighted by Gasteiger charge is 2.28. The fourth-order valence-electron chi connectivity index (χ4n) is 4.55. The Morgan fingerprint density at radius 1 is 1.27 bits per heavy atom. The van der Waals surface area contributed by atoms with E-state index in [1.807, 2.05) is 31.2 Å². The highest BCUT2D eigenvalue weighted by atomic mass is 16.5. The van der Waals surface area contributed by atoms with Crippen LogP contribution >= 0.6 is 0 Å². The number of ether oxygens (including phenoxy) is 1. The number of nitrogens with zero attached hydrogens (tertiary/aromatic N) is 4. The number of rotatable bonds is 8. The van der Waals surface area contributed by atoms with E-state index >= 15 is 0 Å². The molecule has 0 saturated heterocycles. The van der Waals surface area contributed by atoms with E-state index in [9.17, 15) is 9.59 Å². The molecule has 4 rings (SSSR count). The smallest absolute Gasteiger partial charge is 0.228 e. The third-order valence-electron chi connectivity index (χ3n) is 6.50. The SMILES string of the molecule is COc1cccc(CCN2C(=O)CCc3c(C)nc(CN(C)C(=O)C[C@H]4C=CCC4)nc32)c1. The van der Waals surface area contributed by atoms with Gasteiger partial charge in [-0.1, -0.05) is 24.3 Å². The normalized spacial score (nSPS) is 17.2. The number of aryl methyl sites for hydroxylation is 1. The standard InChI is InChI=1S/C26H32N4O3/c1-18-22-11-12-24(31)30(14-13-20-9-6-10-21(15-20)33-3)26(22)28-23(27-18)17-29(2)25(32)16-19-7-4-5-8-19/h4,6-7,9-10,15,19H,5,8,11-14,16-17H2,1-3H3/t19-/m0/s1. The van der Waals surface area contributed by atoms with Gasteiger partial charge in [0.05, 0.1) is 13.7 Å². The number of carbonyl (C=O) groups is 2. The lowest BCUT2D eigenvalue weighted by atomic mass is 10.0. The minimum Gasteiger partial charge on any atom is -0.497 e. The van der Waals surface area contributed by atoms with Crippen LogP contribution in [0.5, 0.6) is 5.75 Å². The quantitative estimate of drug-likeness (QED) is 0.577. The van der Waals surface area contributed by atoms with Crippen LogP contribution in [-0.2, 0) is 29.0 Å². The third kappa shape index (κ3) is 5.41. The summed E-state index contributed by atoms with van der Waals surface area (Å²) in [6, 6.07) is 7.90. The van der Waals surface area contributed by atoms with Crippen molar-refractivity contribution in [3.05, 3.63) is 59.1 Å². The molecule has 0 fully saturated rings. The summed E-state index contributed by atoms with van der Waals surface area (Å²) in [4.78, 5) is 38.4. The zero-order valence-corrected chi connectivity index (χ0v) is 19.7. The number of amides is 2. The first-order valence-electron chi connectivity index (χ1n) is 11.6. The number of hydrogen-bond donors (Lipinski definition) is 0. The van der Waals surface area contributed by atoms with Crippen LogP contribution in [0.3, 0.4) is 0 Å². The molecule has 7 heteroatoms. The molecule has 174 valence electrons. The zero-order chi connectivity index (χ0) is 23.4. The number of methoxy groups -OCH3 is 1. The van der Waals surface area contributed by atoms with E-state index < -0.39 is 0 Å². The fraction of sp³-hybridized carbons (Fsp3) is 0.462. The van der Waals surface area contributed by atoms with Crippen LogP contribution in [0.2, 0.25) is 0 Å². The van der Waals surface area contributed by atoms with Gasteiger partial charge in [-0.3, -0.25) is 14.5 Å². The van der Waals surface area contributed by atoms with Gasteiger partial charge in [0.15, 0.2) is 0 Å². The Labute approximate surface area is 195 Å². The van der Waals surface area contributed by atoms with Crippen molar-refractivity contribution in [1.82, 2.24) is 14.9 Å². The Morgan fingerprint density at radius 3 is 2.88 bits per heavy atom. The van der Waals surface area contributed by atoms with Crippen LogP contribution in [0.4, 0.5) is 5.82 Å². The highest BCUT2D eigenvalue weighted by Crippen LogP contribution is 2.29. The van der Waals surface area contributed by atoms with Gasteiger partial charge in [0.2, 0.25) is 11.8 Å². The molecule has 7 nitrogen and oxygen atoms in total. The number of anilines is 1. The van der Waals surface area contributed by atoms with E-state index in [4.69, 9.17) is 9.72 Å². The Morgan fingerprint density at radius 2 is 2.12 bits per heavy atom. The Kier molecular flexibility index (Phi) is 7.06. The average Bonchev–Trinajstić information content (AvgIpc) is 3.31. The Balaban J connectivity index is 1.49. The third-order valence-corrected chi connectivity index (χ3v) is 6.50. The van der Waals surface area contributed by atoms with E-state index in [0.717, 1.165) is 35.4 Å². The van der Waals surface area contributed by atoms with Gasteiger partial charge in [-0.05, 0) is 56.2 Å². The molecule has 2 heterocycles. The van der Waals surface area contributed by atoms with Crippen molar-refractivity contribution >= 4 is 17.6 Å². The van der Waals surface area contributed by atoms with Crippen LogP contribution in [-0.4, -0.2) is 47.4 Å². The molecule has 1 aromatic carbocycles. The number of carbonyl (C=O) groups excluding carboxylic acids is 2. The van der Waals surface area contributed by atoms with Gasteiger partial charge in [-0.2, -0.15) is 0 Å². The van der Waals surface area contributed by atoms with Crippen molar-refractivity contribution in [3.8, 4) is 5.75 Å². The molecule has 2 aliphatic rings. The second-order valence-corrected chi connectivity index (χ2v) is 8.89. The molecule has 1 aromatic heterocycles. The van der Waals surface area contributed by atoms with Crippen molar-refractivity contribution < 1.29 is 14.3 Å². The van der Waals surface area contributed by atoms with Crippen LogP contribution in [0.15, 0.2) is 36.4 Å². The van der Waals surface area contributed by atoms with Gasteiger partial charge in [-0.25, -0.2) is 9.97 Å². The summed E-state index contributed by atoms with van der Waals surface area (Å²) >= 11 is 0. The zero-order valence-electron chi connectivity index (χ0n) is 19.7. The molecule has 33 heavy (non-hydrogen) atoms. The minimum atomic E-state index is 0.0758. The number of allylic oxidation sites excluding steroid dienone is 2. The van der Waals surface area contributed by atoms with E-state index in [1.54, 1.807) is 24.0 Å². The molecular formula is C26H32N4O3. The van der Waals surface area contributed by atoms with Crippen LogP contribution in [0.1, 0.15) is 48.3 Å². The van der Waals surface area contributed by atoms with E-state index in [1.165, 1.54) is 0 Å². The topological polar surface area (TPSA) is 75.6 Å². The molecule has 0 radical (unpaired) electrons. The summed E-state index contributed by atoms with van der Waals surface area (Å²) in [7, 11) is 3.45. The molecule has 0 spiro atoms. The van der Waals surface area contributed by atoms with E-state index in [0.29, 0.717) is 56.3 Å². The first-order valence-corrected chi connectivity index (χ1v) is 11.6. The van der Waals surface area contributed by atoms with Crippen LogP contribution < -0.4 is 9.64 Å².